The van der Waals surface area contributed by atoms with Crippen LogP contribution in [-0.2, 0) is 24.0 Å². The van der Waals surface area contributed by atoms with Crippen LogP contribution < -0.4 is 4.72 Å². The van der Waals surface area contributed by atoms with E-state index in [2.05, 4.69) is 4.72 Å². The first-order chi connectivity index (χ1) is 10.3. The fraction of sp³-hybridized carbons (Fsp3) is 0.143. The van der Waals surface area contributed by atoms with Crippen molar-refractivity contribution in [3.8, 4) is 11.1 Å². The van der Waals surface area contributed by atoms with Crippen LogP contribution in [0.3, 0.4) is 0 Å². The van der Waals surface area contributed by atoms with E-state index in [4.69, 9.17) is 4.55 Å². The third-order valence-electron chi connectivity index (χ3n) is 3.00. The molecule has 0 fully saturated rings. The summed E-state index contributed by atoms with van der Waals surface area (Å²) < 4.78 is 59.3. The SMILES string of the molecule is O=S(O)Nc1ccc(-c2ccc(C(F)(F)F)cc2)c(CO)c1. The molecule has 8 heteroatoms. The maximum absolute atomic E-state index is 12.5. The molecule has 0 aliphatic heterocycles. The van der Waals surface area contributed by atoms with Crippen LogP contribution in [0.15, 0.2) is 42.5 Å². The Morgan fingerprint density at radius 1 is 1.09 bits per heavy atom. The Labute approximate surface area is 127 Å². The molecule has 3 N–H and O–H groups in total. The highest BCUT2D eigenvalue weighted by atomic mass is 32.2. The molecule has 0 aromatic heterocycles. The van der Waals surface area contributed by atoms with E-state index in [1.54, 1.807) is 6.07 Å². The molecule has 22 heavy (non-hydrogen) atoms. The van der Waals surface area contributed by atoms with Crippen molar-refractivity contribution in [2.24, 2.45) is 0 Å². The van der Waals surface area contributed by atoms with Gasteiger partial charge in [0.15, 0.2) is 0 Å². The van der Waals surface area contributed by atoms with Gasteiger partial charge in [-0.15, -0.1) is 0 Å². The Balaban J connectivity index is 2.37. The van der Waals surface area contributed by atoms with Gasteiger partial charge in [0.25, 0.3) is 11.3 Å². The second kappa shape index (κ2) is 6.47. The number of rotatable bonds is 4. The summed E-state index contributed by atoms with van der Waals surface area (Å²) in [5, 5.41) is 9.38. The first kappa shape index (κ1) is 16.5. The normalized spacial score (nSPS) is 13.0. The summed E-state index contributed by atoms with van der Waals surface area (Å²) in [5.74, 6) is 0. The van der Waals surface area contributed by atoms with Gasteiger partial charge in [0.05, 0.1) is 12.2 Å². The molecule has 2 aromatic rings. The second-order valence-corrected chi connectivity index (χ2v) is 5.16. The molecule has 0 heterocycles. The molecule has 0 saturated carbocycles. The Hall–Kier alpha value is -1.90. The Morgan fingerprint density at radius 2 is 1.73 bits per heavy atom. The number of anilines is 1. The fourth-order valence-electron chi connectivity index (χ4n) is 2.01. The van der Waals surface area contributed by atoms with Gasteiger partial charge < -0.3 is 5.11 Å². The van der Waals surface area contributed by atoms with Gasteiger partial charge in [-0.25, -0.2) is 4.21 Å². The van der Waals surface area contributed by atoms with Crippen LogP contribution in [0.4, 0.5) is 18.9 Å². The number of alkyl halides is 3. The Bertz CT molecular complexity index is 687. The number of benzene rings is 2. The van der Waals surface area contributed by atoms with Crippen molar-refractivity contribution < 1.29 is 27.0 Å². The number of nitrogens with one attached hydrogen (secondary N) is 1. The smallest absolute Gasteiger partial charge is 0.392 e. The van der Waals surface area contributed by atoms with Gasteiger partial charge in [-0.2, -0.15) is 13.2 Å². The standard InChI is InChI=1S/C14H12F3NO3S/c15-14(16,17)11-3-1-9(2-4-11)13-6-5-12(18-22(20)21)7-10(13)8-19/h1-7,18-19H,8H2,(H,20,21). The van der Waals surface area contributed by atoms with E-state index in [9.17, 15) is 22.5 Å². The molecule has 2 rings (SSSR count). The van der Waals surface area contributed by atoms with Crippen LogP contribution in [0.25, 0.3) is 11.1 Å². The highest BCUT2D eigenvalue weighted by Gasteiger charge is 2.30. The molecule has 0 aliphatic carbocycles. The quantitative estimate of drug-likeness (QED) is 0.752. The molecule has 0 bridgehead atoms. The van der Waals surface area contributed by atoms with Crippen LogP contribution in [0.2, 0.25) is 0 Å². The topological polar surface area (TPSA) is 69.6 Å². The minimum atomic E-state index is -4.41. The molecule has 0 aliphatic rings. The van der Waals surface area contributed by atoms with Gasteiger partial charge in [-0.05, 0) is 41.0 Å². The van der Waals surface area contributed by atoms with Crippen molar-refractivity contribution in [1.82, 2.24) is 0 Å². The van der Waals surface area contributed by atoms with Gasteiger partial charge >= 0.3 is 6.18 Å². The van der Waals surface area contributed by atoms with E-state index < -0.39 is 23.0 Å². The summed E-state index contributed by atoms with van der Waals surface area (Å²) in [6.45, 7) is -0.357. The number of aliphatic hydroxyl groups is 1. The lowest BCUT2D eigenvalue weighted by Crippen LogP contribution is -2.04. The lowest BCUT2D eigenvalue weighted by atomic mass is 9.98. The first-order valence-corrected chi connectivity index (χ1v) is 7.21. The van der Waals surface area contributed by atoms with Crippen molar-refractivity contribution in [3.05, 3.63) is 53.6 Å². The molecule has 1 unspecified atom stereocenters. The number of halogens is 3. The summed E-state index contributed by atoms with van der Waals surface area (Å²) in [6.07, 6.45) is -4.41. The maximum Gasteiger partial charge on any atom is 0.416 e. The summed E-state index contributed by atoms with van der Waals surface area (Å²) in [5.41, 5.74) is 1.05. The summed E-state index contributed by atoms with van der Waals surface area (Å²) in [4.78, 5) is 0. The van der Waals surface area contributed by atoms with Crippen LogP contribution in [0, 0.1) is 0 Å². The zero-order chi connectivity index (χ0) is 16.3. The van der Waals surface area contributed by atoms with E-state index in [0.29, 0.717) is 22.4 Å². The number of hydrogen-bond acceptors (Lipinski definition) is 2. The van der Waals surface area contributed by atoms with Gasteiger partial charge in [0, 0.05) is 5.69 Å². The molecule has 2 aromatic carbocycles. The zero-order valence-corrected chi connectivity index (χ0v) is 11.9. The average Bonchev–Trinajstić information content (AvgIpc) is 2.45. The van der Waals surface area contributed by atoms with Gasteiger partial charge in [0.2, 0.25) is 0 Å². The van der Waals surface area contributed by atoms with Crippen LogP contribution in [0.1, 0.15) is 11.1 Å². The fourth-order valence-corrected chi connectivity index (χ4v) is 2.34. The number of hydrogen-bond donors (Lipinski definition) is 3. The van der Waals surface area contributed by atoms with E-state index in [0.717, 1.165) is 12.1 Å². The molecular formula is C14H12F3NO3S. The molecule has 118 valence electrons. The summed E-state index contributed by atoms with van der Waals surface area (Å²) >= 11 is -2.25. The van der Waals surface area contributed by atoms with E-state index in [-0.39, 0.29) is 6.61 Å². The van der Waals surface area contributed by atoms with E-state index >= 15 is 0 Å². The van der Waals surface area contributed by atoms with Crippen molar-refractivity contribution in [2.45, 2.75) is 12.8 Å². The summed E-state index contributed by atoms with van der Waals surface area (Å²) in [7, 11) is 0. The van der Waals surface area contributed by atoms with Crippen molar-refractivity contribution >= 4 is 17.0 Å². The monoisotopic (exact) mass is 331 g/mol. The van der Waals surface area contributed by atoms with Crippen molar-refractivity contribution in [2.75, 3.05) is 4.72 Å². The maximum atomic E-state index is 12.5. The number of aliphatic hydroxyl groups excluding tert-OH is 1. The third-order valence-corrected chi connectivity index (χ3v) is 3.41. The van der Waals surface area contributed by atoms with Crippen molar-refractivity contribution in [3.63, 3.8) is 0 Å². The molecular weight excluding hydrogens is 319 g/mol. The molecule has 4 nitrogen and oxygen atoms in total. The first-order valence-electron chi connectivity index (χ1n) is 6.10. The summed E-state index contributed by atoms with van der Waals surface area (Å²) in [6, 6.07) is 9.07. The van der Waals surface area contributed by atoms with Gasteiger partial charge in [0.1, 0.15) is 0 Å². The third kappa shape index (κ3) is 3.85. The highest BCUT2D eigenvalue weighted by molar-refractivity contribution is 7.80. The Kier molecular flexibility index (Phi) is 4.84. The van der Waals surface area contributed by atoms with Gasteiger partial charge in [-0.1, -0.05) is 18.2 Å². The minimum Gasteiger partial charge on any atom is -0.392 e. The lowest BCUT2D eigenvalue weighted by Gasteiger charge is -2.12. The van der Waals surface area contributed by atoms with Crippen LogP contribution in [-0.4, -0.2) is 13.9 Å². The molecule has 0 radical (unpaired) electrons. The van der Waals surface area contributed by atoms with E-state index in [1.807, 2.05) is 0 Å². The minimum absolute atomic E-state index is 0.320. The molecule has 0 spiro atoms. The molecule has 1 atom stereocenters. The second-order valence-electron chi connectivity index (χ2n) is 4.46. The predicted octanol–water partition coefficient (Wildman–Crippen LogP) is 3.41. The largest absolute Gasteiger partial charge is 0.416 e. The Morgan fingerprint density at radius 3 is 2.23 bits per heavy atom. The van der Waals surface area contributed by atoms with Crippen LogP contribution in [0.5, 0.6) is 0 Å². The van der Waals surface area contributed by atoms with Gasteiger partial charge in [-0.3, -0.25) is 9.27 Å². The predicted molar refractivity (Wildman–Crippen MR) is 77.2 cm³/mol. The van der Waals surface area contributed by atoms with E-state index in [1.165, 1.54) is 24.3 Å². The van der Waals surface area contributed by atoms with Crippen LogP contribution >= 0.6 is 0 Å². The molecule has 0 saturated heterocycles. The lowest BCUT2D eigenvalue weighted by molar-refractivity contribution is -0.137. The van der Waals surface area contributed by atoms with Crippen molar-refractivity contribution in [1.29, 1.82) is 0 Å². The highest BCUT2D eigenvalue weighted by Crippen LogP contribution is 2.32. The average molecular weight is 331 g/mol. The zero-order valence-electron chi connectivity index (χ0n) is 11.1. The molecule has 0 amide bonds.